The minimum atomic E-state index is -3.72. The number of hydrogen-bond acceptors (Lipinski definition) is 10. The molecule has 0 unspecified atom stereocenters. The van der Waals surface area contributed by atoms with Crippen molar-refractivity contribution in [1.82, 2.24) is 19.6 Å². The van der Waals surface area contributed by atoms with Gasteiger partial charge in [0.2, 0.25) is 21.9 Å². The lowest BCUT2D eigenvalue weighted by Crippen LogP contribution is -2.48. The van der Waals surface area contributed by atoms with Gasteiger partial charge in [-0.1, -0.05) is 30.3 Å². The highest BCUT2D eigenvalue weighted by molar-refractivity contribution is 7.89. The predicted octanol–water partition coefficient (Wildman–Crippen LogP) is 4.62. The number of anilines is 6. The van der Waals surface area contributed by atoms with Gasteiger partial charge >= 0.3 is 0 Å². The number of nitrogens with zero attached hydrogens (tertiary/aromatic N) is 4. The molecule has 2 heterocycles. The zero-order valence-electron chi connectivity index (χ0n) is 25.7. The molecule has 1 saturated heterocycles. The molecule has 3 aromatic carbocycles. The van der Waals surface area contributed by atoms with Crippen LogP contribution in [0.15, 0.2) is 90.5 Å². The molecule has 4 aromatic rings. The van der Waals surface area contributed by atoms with Gasteiger partial charge in [-0.3, -0.25) is 9.59 Å². The van der Waals surface area contributed by atoms with Gasteiger partial charge in [-0.05, 0) is 54.6 Å². The molecule has 5 rings (SSSR count). The molecule has 47 heavy (non-hydrogen) atoms. The first-order valence-corrected chi connectivity index (χ1v) is 16.3. The standard InChI is InChI=1S/C32H33ClN8O5S/c1-4-29(42)36-21-9-12-23(13-10-21)47(44,45)41-17-15-40(16-18-41)22-11-14-27(28(19-22)46-3)38-32-35-20-25(33)30(39-32)37-26-8-6-5-7-24(26)31(43)34-2/h4-14,19-20H,1,15-18H2,2-3H3,(H,34,43)(H,36,42)(H2,35,37,38,39). The summed E-state index contributed by atoms with van der Waals surface area (Å²) in [4.78, 5) is 34.9. The van der Waals surface area contributed by atoms with Gasteiger partial charge in [0.25, 0.3) is 5.91 Å². The summed E-state index contributed by atoms with van der Waals surface area (Å²) >= 11 is 6.38. The molecule has 244 valence electrons. The van der Waals surface area contributed by atoms with Gasteiger partial charge in [-0.15, -0.1) is 0 Å². The first-order chi connectivity index (χ1) is 22.6. The van der Waals surface area contributed by atoms with Crippen LogP contribution in [0.2, 0.25) is 5.02 Å². The Morgan fingerprint density at radius 1 is 0.979 bits per heavy atom. The molecule has 0 bridgehead atoms. The number of para-hydroxylation sites is 1. The number of sulfonamides is 1. The maximum atomic E-state index is 13.3. The largest absolute Gasteiger partial charge is 0.494 e. The van der Waals surface area contributed by atoms with E-state index in [1.165, 1.54) is 22.6 Å². The summed E-state index contributed by atoms with van der Waals surface area (Å²) < 4.78 is 33.7. The topological polar surface area (TPSA) is 158 Å². The second-order valence-electron chi connectivity index (χ2n) is 10.3. The van der Waals surface area contributed by atoms with Crippen LogP contribution >= 0.6 is 11.6 Å². The van der Waals surface area contributed by atoms with E-state index in [1.807, 2.05) is 18.2 Å². The molecule has 15 heteroatoms. The number of nitrogens with one attached hydrogen (secondary N) is 4. The van der Waals surface area contributed by atoms with E-state index in [1.54, 1.807) is 50.6 Å². The van der Waals surface area contributed by atoms with Crippen molar-refractivity contribution in [2.24, 2.45) is 0 Å². The summed E-state index contributed by atoms with van der Waals surface area (Å²) in [5.41, 5.74) is 2.90. The predicted molar refractivity (Wildman–Crippen MR) is 183 cm³/mol. The SMILES string of the molecule is C=CC(=O)Nc1ccc(S(=O)(=O)N2CCN(c3ccc(Nc4ncc(Cl)c(Nc5ccccc5C(=O)NC)n4)c(OC)c3)CC2)cc1. The Bertz CT molecular complexity index is 1900. The Kier molecular flexibility index (Phi) is 10.2. The highest BCUT2D eigenvalue weighted by atomic mass is 35.5. The average molecular weight is 677 g/mol. The van der Waals surface area contributed by atoms with Crippen molar-refractivity contribution in [2.75, 3.05) is 61.2 Å². The van der Waals surface area contributed by atoms with E-state index in [0.717, 1.165) is 11.8 Å². The third-order valence-corrected chi connectivity index (χ3v) is 9.57. The molecule has 1 aliphatic rings. The lowest BCUT2D eigenvalue weighted by atomic mass is 10.1. The fourth-order valence-corrected chi connectivity index (χ4v) is 6.47. The van der Waals surface area contributed by atoms with E-state index in [0.29, 0.717) is 47.3 Å². The van der Waals surface area contributed by atoms with Crippen LogP contribution in [0.3, 0.4) is 0 Å². The summed E-state index contributed by atoms with van der Waals surface area (Å²) in [5.74, 6) is 0.444. The summed E-state index contributed by atoms with van der Waals surface area (Å²) in [7, 11) is -0.612. The normalized spacial score (nSPS) is 13.4. The summed E-state index contributed by atoms with van der Waals surface area (Å²) in [5, 5.41) is 11.8. The van der Waals surface area contributed by atoms with Crippen LogP contribution in [0.4, 0.5) is 34.5 Å². The van der Waals surface area contributed by atoms with Crippen molar-refractivity contribution in [3.8, 4) is 5.75 Å². The molecular formula is C32H33ClN8O5S. The Balaban J connectivity index is 1.25. The molecule has 1 aromatic heterocycles. The number of carbonyl (C=O) groups excluding carboxylic acids is 2. The number of rotatable bonds is 11. The van der Waals surface area contributed by atoms with Gasteiger partial charge < -0.3 is 30.9 Å². The minimum Gasteiger partial charge on any atom is -0.494 e. The van der Waals surface area contributed by atoms with Crippen LogP contribution in [-0.2, 0) is 14.8 Å². The Morgan fingerprint density at radius 2 is 1.70 bits per heavy atom. The van der Waals surface area contributed by atoms with Crippen molar-refractivity contribution in [3.63, 3.8) is 0 Å². The second-order valence-corrected chi connectivity index (χ2v) is 12.6. The number of benzene rings is 3. The van der Waals surface area contributed by atoms with Crippen molar-refractivity contribution in [3.05, 3.63) is 96.2 Å². The Hall–Kier alpha value is -5.18. The highest BCUT2D eigenvalue weighted by Crippen LogP contribution is 2.33. The smallest absolute Gasteiger partial charge is 0.253 e. The Morgan fingerprint density at radius 3 is 2.38 bits per heavy atom. The molecule has 0 radical (unpaired) electrons. The quantitative estimate of drug-likeness (QED) is 0.165. The molecule has 0 atom stereocenters. The molecule has 2 amide bonds. The zero-order chi connectivity index (χ0) is 33.6. The van der Waals surface area contributed by atoms with Crippen molar-refractivity contribution >= 4 is 68.0 Å². The van der Waals surface area contributed by atoms with Crippen molar-refractivity contribution < 1.29 is 22.7 Å². The van der Waals surface area contributed by atoms with E-state index in [9.17, 15) is 18.0 Å². The van der Waals surface area contributed by atoms with Gasteiger partial charge in [-0.25, -0.2) is 13.4 Å². The molecule has 0 aliphatic carbocycles. The number of halogens is 1. The molecule has 13 nitrogen and oxygen atoms in total. The third kappa shape index (κ3) is 7.62. The van der Waals surface area contributed by atoms with E-state index >= 15 is 0 Å². The molecule has 1 fully saturated rings. The van der Waals surface area contributed by atoms with Crippen LogP contribution in [0.25, 0.3) is 0 Å². The van der Waals surface area contributed by atoms with Gasteiger partial charge in [0.1, 0.15) is 10.8 Å². The van der Waals surface area contributed by atoms with E-state index < -0.39 is 10.0 Å². The first-order valence-electron chi connectivity index (χ1n) is 14.5. The lowest BCUT2D eigenvalue weighted by molar-refractivity contribution is -0.111. The van der Waals surface area contributed by atoms with Crippen LogP contribution in [0.1, 0.15) is 10.4 Å². The highest BCUT2D eigenvalue weighted by Gasteiger charge is 2.29. The van der Waals surface area contributed by atoms with Crippen molar-refractivity contribution in [1.29, 1.82) is 0 Å². The van der Waals surface area contributed by atoms with E-state index in [-0.39, 0.29) is 40.8 Å². The van der Waals surface area contributed by atoms with Crippen LogP contribution in [0, 0.1) is 0 Å². The fourth-order valence-electron chi connectivity index (χ4n) is 4.91. The van der Waals surface area contributed by atoms with Crippen LogP contribution in [-0.4, -0.2) is 74.8 Å². The van der Waals surface area contributed by atoms with Gasteiger partial charge in [0.15, 0.2) is 5.82 Å². The molecule has 1 aliphatic heterocycles. The lowest BCUT2D eigenvalue weighted by Gasteiger charge is -2.35. The monoisotopic (exact) mass is 676 g/mol. The average Bonchev–Trinajstić information content (AvgIpc) is 3.10. The van der Waals surface area contributed by atoms with Crippen LogP contribution in [0.5, 0.6) is 5.75 Å². The van der Waals surface area contributed by atoms with E-state index in [2.05, 4.69) is 42.7 Å². The number of amides is 2. The summed E-state index contributed by atoms with van der Waals surface area (Å²) in [6, 6.07) is 18.6. The van der Waals surface area contributed by atoms with Gasteiger partial charge in [-0.2, -0.15) is 9.29 Å². The van der Waals surface area contributed by atoms with Gasteiger partial charge in [0.05, 0.1) is 35.1 Å². The number of carbonyl (C=O) groups is 2. The van der Waals surface area contributed by atoms with E-state index in [4.69, 9.17) is 16.3 Å². The molecule has 0 saturated carbocycles. The molecule has 4 N–H and O–H groups in total. The second kappa shape index (κ2) is 14.5. The summed E-state index contributed by atoms with van der Waals surface area (Å²) in [6.07, 6.45) is 2.59. The molecular weight excluding hydrogens is 644 g/mol. The maximum absolute atomic E-state index is 13.3. The van der Waals surface area contributed by atoms with Gasteiger partial charge in [0, 0.05) is 50.7 Å². The fraction of sp³-hybridized carbons (Fsp3) is 0.188. The maximum Gasteiger partial charge on any atom is 0.253 e. The number of aromatic nitrogens is 2. The number of methoxy groups -OCH3 is 1. The Labute approximate surface area is 277 Å². The third-order valence-electron chi connectivity index (χ3n) is 7.38. The number of hydrogen-bond donors (Lipinski definition) is 4. The van der Waals surface area contributed by atoms with Crippen molar-refractivity contribution in [2.45, 2.75) is 4.90 Å². The molecule has 0 spiro atoms. The van der Waals surface area contributed by atoms with Crippen LogP contribution < -0.4 is 30.9 Å². The summed E-state index contributed by atoms with van der Waals surface area (Å²) in [6.45, 7) is 4.92. The minimum absolute atomic E-state index is 0.151. The number of piperazine rings is 1. The zero-order valence-corrected chi connectivity index (χ0v) is 27.2. The first kappa shape index (κ1) is 33.2. The number of ether oxygens (including phenoxy) is 1.